The first-order valence-corrected chi connectivity index (χ1v) is 9.10. The van der Waals surface area contributed by atoms with Crippen molar-refractivity contribution in [1.82, 2.24) is 15.1 Å². The predicted octanol–water partition coefficient (Wildman–Crippen LogP) is 3.02. The van der Waals surface area contributed by atoms with Gasteiger partial charge in [0.25, 0.3) is 0 Å². The zero-order valence-corrected chi connectivity index (χ0v) is 14.9. The highest BCUT2D eigenvalue weighted by Gasteiger charge is 2.17. The number of nitrogens with zero attached hydrogens (tertiary/aromatic N) is 2. The summed E-state index contributed by atoms with van der Waals surface area (Å²) in [4.78, 5) is 8.17. The van der Waals surface area contributed by atoms with E-state index in [1.807, 2.05) is 11.3 Å². The molecule has 0 aromatic carbocycles. The van der Waals surface area contributed by atoms with E-state index < -0.39 is 0 Å². The van der Waals surface area contributed by atoms with E-state index in [1.54, 1.807) is 0 Å². The van der Waals surface area contributed by atoms with Gasteiger partial charge in [0.2, 0.25) is 0 Å². The van der Waals surface area contributed by atoms with Crippen LogP contribution in [0.4, 0.5) is 0 Å². The standard InChI is InChI=1S/C17H31N3S/c1-14(2)12-19-7-9-20(10-8-19)13-17-6-5-16(21-17)11-18-15(3)4/h5-6,14-15,18H,7-13H2,1-4H3. The van der Waals surface area contributed by atoms with Gasteiger partial charge in [-0.2, -0.15) is 0 Å². The Bertz CT molecular complexity index is 406. The van der Waals surface area contributed by atoms with Crippen LogP contribution in [0.3, 0.4) is 0 Å². The van der Waals surface area contributed by atoms with Crippen LogP contribution in [0, 0.1) is 5.92 Å². The van der Waals surface area contributed by atoms with E-state index in [9.17, 15) is 0 Å². The lowest BCUT2D eigenvalue weighted by molar-refractivity contribution is 0.118. The van der Waals surface area contributed by atoms with Crippen molar-refractivity contribution in [2.75, 3.05) is 32.7 Å². The molecule has 0 unspecified atom stereocenters. The third kappa shape index (κ3) is 6.07. The molecule has 1 aliphatic heterocycles. The van der Waals surface area contributed by atoms with Crippen LogP contribution in [0.15, 0.2) is 12.1 Å². The fourth-order valence-electron chi connectivity index (χ4n) is 2.77. The highest BCUT2D eigenvalue weighted by molar-refractivity contribution is 7.11. The highest BCUT2D eigenvalue weighted by Crippen LogP contribution is 2.19. The zero-order chi connectivity index (χ0) is 15.2. The molecule has 0 amide bonds. The average molecular weight is 310 g/mol. The van der Waals surface area contributed by atoms with Gasteiger partial charge in [-0.3, -0.25) is 4.90 Å². The Morgan fingerprint density at radius 2 is 1.62 bits per heavy atom. The number of hydrogen-bond donors (Lipinski definition) is 1. The van der Waals surface area contributed by atoms with E-state index in [-0.39, 0.29) is 0 Å². The van der Waals surface area contributed by atoms with Crippen molar-refractivity contribution < 1.29 is 0 Å². The van der Waals surface area contributed by atoms with Crippen LogP contribution in [-0.2, 0) is 13.1 Å². The minimum atomic E-state index is 0.560. The summed E-state index contributed by atoms with van der Waals surface area (Å²) in [5.41, 5.74) is 0. The molecule has 1 aliphatic rings. The summed E-state index contributed by atoms with van der Waals surface area (Å²) in [6.45, 7) is 17.3. The Kier molecular flexibility index (Phi) is 6.68. The first kappa shape index (κ1) is 16.9. The maximum absolute atomic E-state index is 3.49. The molecule has 21 heavy (non-hydrogen) atoms. The molecule has 0 saturated carbocycles. The van der Waals surface area contributed by atoms with Crippen molar-refractivity contribution in [2.45, 2.75) is 46.8 Å². The Hall–Kier alpha value is -0.420. The molecule has 120 valence electrons. The van der Waals surface area contributed by atoms with Crippen LogP contribution in [-0.4, -0.2) is 48.6 Å². The Morgan fingerprint density at radius 3 is 2.24 bits per heavy atom. The Balaban J connectivity index is 1.73. The smallest absolute Gasteiger partial charge is 0.0329 e. The van der Waals surface area contributed by atoms with Gasteiger partial charge in [-0.25, -0.2) is 0 Å². The minimum Gasteiger partial charge on any atom is -0.310 e. The summed E-state index contributed by atoms with van der Waals surface area (Å²) in [7, 11) is 0. The molecule has 1 aromatic rings. The Morgan fingerprint density at radius 1 is 1.00 bits per heavy atom. The van der Waals surface area contributed by atoms with E-state index in [2.05, 4.69) is 54.9 Å². The summed E-state index contributed by atoms with van der Waals surface area (Å²) in [5.74, 6) is 0.782. The molecule has 1 N–H and O–H groups in total. The largest absolute Gasteiger partial charge is 0.310 e. The van der Waals surface area contributed by atoms with Gasteiger partial charge in [-0.15, -0.1) is 11.3 Å². The van der Waals surface area contributed by atoms with Crippen molar-refractivity contribution in [3.05, 3.63) is 21.9 Å². The minimum absolute atomic E-state index is 0.560. The van der Waals surface area contributed by atoms with Crippen LogP contribution >= 0.6 is 11.3 Å². The molecule has 0 atom stereocenters. The number of nitrogens with one attached hydrogen (secondary N) is 1. The number of hydrogen-bond acceptors (Lipinski definition) is 4. The lowest BCUT2D eigenvalue weighted by atomic mass is 10.2. The monoisotopic (exact) mass is 309 g/mol. The summed E-state index contributed by atoms with van der Waals surface area (Å²) in [6, 6.07) is 5.15. The molecule has 2 rings (SSSR count). The number of piperazine rings is 1. The summed E-state index contributed by atoms with van der Waals surface area (Å²) in [5, 5.41) is 3.49. The van der Waals surface area contributed by atoms with Crippen molar-refractivity contribution >= 4 is 11.3 Å². The molecular formula is C17H31N3S. The molecule has 0 aliphatic carbocycles. The second-order valence-electron chi connectivity index (χ2n) is 6.87. The molecule has 4 heteroatoms. The van der Waals surface area contributed by atoms with Crippen molar-refractivity contribution in [3.8, 4) is 0 Å². The van der Waals surface area contributed by atoms with Gasteiger partial charge in [0.05, 0.1) is 0 Å². The van der Waals surface area contributed by atoms with E-state index in [4.69, 9.17) is 0 Å². The van der Waals surface area contributed by atoms with Gasteiger partial charge in [-0.05, 0) is 18.1 Å². The normalized spacial score (nSPS) is 18.0. The second kappa shape index (κ2) is 8.28. The number of rotatable bonds is 7. The fraction of sp³-hybridized carbons (Fsp3) is 0.765. The molecule has 0 radical (unpaired) electrons. The van der Waals surface area contributed by atoms with Gasteiger partial charge in [-0.1, -0.05) is 27.7 Å². The molecule has 2 heterocycles. The number of thiophene rings is 1. The van der Waals surface area contributed by atoms with E-state index in [1.165, 1.54) is 42.5 Å². The Labute approximate surface area is 134 Å². The van der Waals surface area contributed by atoms with Gasteiger partial charge in [0.1, 0.15) is 0 Å². The maximum atomic E-state index is 3.49. The molecule has 1 aromatic heterocycles. The van der Waals surface area contributed by atoms with Crippen LogP contribution in [0.5, 0.6) is 0 Å². The quantitative estimate of drug-likeness (QED) is 0.835. The molecule has 0 bridgehead atoms. The zero-order valence-electron chi connectivity index (χ0n) is 14.1. The van der Waals surface area contributed by atoms with Gasteiger partial charge < -0.3 is 10.2 Å². The van der Waals surface area contributed by atoms with E-state index >= 15 is 0 Å². The average Bonchev–Trinajstić information content (AvgIpc) is 2.86. The van der Waals surface area contributed by atoms with Crippen LogP contribution in [0.1, 0.15) is 37.4 Å². The molecule has 3 nitrogen and oxygen atoms in total. The highest BCUT2D eigenvalue weighted by atomic mass is 32.1. The van der Waals surface area contributed by atoms with Gasteiger partial charge in [0, 0.05) is 61.6 Å². The first-order chi connectivity index (χ1) is 10.0. The summed E-state index contributed by atoms with van der Waals surface area (Å²) < 4.78 is 0. The molecule has 1 saturated heterocycles. The molecule has 0 spiro atoms. The van der Waals surface area contributed by atoms with Crippen LogP contribution in [0.2, 0.25) is 0 Å². The topological polar surface area (TPSA) is 18.5 Å². The lowest BCUT2D eigenvalue weighted by Crippen LogP contribution is -2.46. The predicted molar refractivity (Wildman–Crippen MR) is 92.8 cm³/mol. The lowest BCUT2D eigenvalue weighted by Gasteiger charge is -2.35. The summed E-state index contributed by atoms with van der Waals surface area (Å²) >= 11 is 1.96. The third-order valence-electron chi connectivity index (χ3n) is 3.87. The maximum Gasteiger partial charge on any atom is 0.0329 e. The van der Waals surface area contributed by atoms with Gasteiger partial charge in [0.15, 0.2) is 0 Å². The van der Waals surface area contributed by atoms with E-state index in [0.717, 1.165) is 19.0 Å². The van der Waals surface area contributed by atoms with Crippen LogP contribution < -0.4 is 5.32 Å². The third-order valence-corrected chi connectivity index (χ3v) is 4.94. The fourth-order valence-corrected chi connectivity index (χ4v) is 3.79. The molecular weight excluding hydrogens is 278 g/mol. The SMILES string of the molecule is CC(C)CN1CCN(Cc2ccc(CNC(C)C)s2)CC1. The summed E-state index contributed by atoms with van der Waals surface area (Å²) in [6.07, 6.45) is 0. The first-order valence-electron chi connectivity index (χ1n) is 8.28. The van der Waals surface area contributed by atoms with Crippen LogP contribution in [0.25, 0.3) is 0 Å². The second-order valence-corrected chi connectivity index (χ2v) is 8.13. The molecule has 1 fully saturated rings. The van der Waals surface area contributed by atoms with Crippen molar-refractivity contribution in [3.63, 3.8) is 0 Å². The van der Waals surface area contributed by atoms with Crippen molar-refractivity contribution in [2.24, 2.45) is 5.92 Å². The van der Waals surface area contributed by atoms with Crippen molar-refractivity contribution in [1.29, 1.82) is 0 Å². The van der Waals surface area contributed by atoms with E-state index in [0.29, 0.717) is 6.04 Å². The van der Waals surface area contributed by atoms with Gasteiger partial charge >= 0.3 is 0 Å².